The van der Waals surface area contributed by atoms with Gasteiger partial charge in [0.25, 0.3) is 0 Å². The van der Waals surface area contributed by atoms with Crippen LogP contribution in [0.1, 0.15) is 31.0 Å². The lowest BCUT2D eigenvalue weighted by atomic mass is 10.3. The highest BCUT2D eigenvalue weighted by Crippen LogP contribution is 2.40. The van der Waals surface area contributed by atoms with E-state index in [0.717, 1.165) is 29.6 Å². The van der Waals surface area contributed by atoms with Gasteiger partial charge in [0, 0.05) is 30.2 Å². The summed E-state index contributed by atoms with van der Waals surface area (Å²) in [6, 6.07) is 0. The maximum Gasteiger partial charge on any atom is 0.219 e. The topological polar surface area (TPSA) is 73.8 Å². The second kappa shape index (κ2) is 6.24. The zero-order valence-electron chi connectivity index (χ0n) is 9.88. The average molecular weight is 287 g/mol. The van der Waals surface area contributed by atoms with E-state index in [0.29, 0.717) is 18.9 Å². The van der Waals surface area contributed by atoms with E-state index in [-0.39, 0.29) is 5.91 Å². The van der Waals surface area contributed by atoms with Crippen molar-refractivity contribution in [1.29, 1.82) is 0 Å². The normalized spacial score (nSPS) is 15.4. The maximum atomic E-state index is 10.9. The summed E-state index contributed by atoms with van der Waals surface area (Å²) in [4.78, 5) is 10.9. The van der Waals surface area contributed by atoms with Gasteiger partial charge in [-0.15, -0.1) is 10.2 Å². The average Bonchev–Trinajstić information content (AvgIpc) is 3.10. The minimum atomic E-state index is -0.304. The molecular formula is C11H15ClN4OS. The molecule has 18 heavy (non-hydrogen) atoms. The van der Waals surface area contributed by atoms with E-state index >= 15 is 0 Å². The molecule has 5 nitrogen and oxygen atoms in total. The Balaban J connectivity index is 2.09. The Morgan fingerprint density at radius 2 is 2.33 bits per heavy atom. The monoisotopic (exact) mass is 286 g/mol. The van der Waals surface area contributed by atoms with Crippen molar-refractivity contribution in [1.82, 2.24) is 14.8 Å². The third-order valence-electron chi connectivity index (χ3n) is 2.67. The van der Waals surface area contributed by atoms with Crippen LogP contribution in [-0.2, 0) is 11.3 Å². The Morgan fingerprint density at radius 3 is 2.94 bits per heavy atom. The molecule has 2 rings (SSSR count). The first-order valence-corrected chi connectivity index (χ1v) is 7.24. The molecule has 0 aliphatic heterocycles. The quantitative estimate of drug-likeness (QED) is 0.777. The standard InChI is InChI=1S/C11H15ClN4OS/c12-5-1-7-18-11-15-14-10(8-2-3-8)16(11)6-4-9(13)17/h1,5,8H,2-4,6-7H2,(H2,13,17). The molecule has 0 atom stereocenters. The number of primary amides is 1. The van der Waals surface area contributed by atoms with E-state index in [1.54, 1.807) is 11.8 Å². The second-order valence-corrected chi connectivity index (χ2v) is 5.39. The highest BCUT2D eigenvalue weighted by atomic mass is 35.5. The Hall–Kier alpha value is -1.01. The summed E-state index contributed by atoms with van der Waals surface area (Å²) in [7, 11) is 0. The van der Waals surface area contributed by atoms with Crippen LogP contribution in [0.5, 0.6) is 0 Å². The molecule has 1 heterocycles. The molecule has 1 saturated carbocycles. The van der Waals surface area contributed by atoms with E-state index < -0.39 is 0 Å². The second-order valence-electron chi connectivity index (χ2n) is 4.16. The third kappa shape index (κ3) is 3.49. The molecule has 1 fully saturated rings. The minimum Gasteiger partial charge on any atom is -0.370 e. The van der Waals surface area contributed by atoms with Crippen molar-refractivity contribution in [2.75, 3.05) is 5.75 Å². The molecule has 7 heteroatoms. The first kappa shape index (κ1) is 13.4. The number of carbonyl (C=O) groups is 1. The molecule has 0 radical (unpaired) electrons. The van der Waals surface area contributed by atoms with Crippen molar-refractivity contribution in [3.05, 3.63) is 17.4 Å². The molecule has 0 unspecified atom stereocenters. The number of amides is 1. The number of aromatic nitrogens is 3. The van der Waals surface area contributed by atoms with E-state index in [9.17, 15) is 4.79 Å². The number of carbonyl (C=O) groups excluding carboxylic acids is 1. The summed E-state index contributed by atoms with van der Waals surface area (Å²) in [5.74, 6) is 1.92. The van der Waals surface area contributed by atoms with E-state index in [1.165, 1.54) is 5.54 Å². The van der Waals surface area contributed by atoms with Crippen molar-refractivity contribution in [2.45, 2.75) is 36.9 Å². The summed E-state index contributed by atoms with van der Waals surface area (Å²) < 4.78 is 2.01. The summed E-state index contributed by atoms with van der Waals surface area (Å²) in [6.07, 6.45) is 4.47. The van der Waals surface area contributed by atoms with Crippen molar-refractivity contribution in [3.8, 4) is 0 Å². The van der Waals surface area contributed by atoms with Gasteiger partial charge in [-0.2, -0.15) is 0 Å². The fourth-order valence-electron chi connectivity index (χ4n) is 1.64. The molecule has 0 aromatic carbocycles. The highest BCUT2D eigenvalue weighted by Gasteiger charge is 2.30. The fourth-order valence-corrected chi connectivity index (χ4v) is 2.62. The zero-order valence-corrected chi connectivity index (χ0v) is 11.5. The SMILES string of the molecule is NC(=O)CCn1c(SCC=CCl)nnc1C1CC1. The predicted octanol–water partition coefficient (Wildman–Crippen LogP) is 1.88. The molecule has 2 N–H and O–H groups in total. The van der Waals surface area contributed by atoms with Gasteiger partial charge in [-0.25, -0.2) is 0 Å². The van der Waals surface area contributed by atoms with Crippen LogP contribution in [0.3, 0.4) is 0 Å². The number of hydrogen-bond acceptors (Lipinski definition) is 4. The van der Waals surface area contributed by atoms with Crippen LogP contribution >= 0.6 is 23.4 Å². The molecule has 1 aromatic rings. The van der Waals surface area contributed by atoms with Gasteiger partial charge in [-0.05, 0) is 12.8 Å². The summed E-state index contributed by atoms with van der Waals surface area (Å²) in [5.41, 5.74) is 6.68. The summed E-state index contributed by atoms with van der Waals surface area (Å²) in [5, 5.41) is 9.22. The van der Waals surface area contributed by atoms with Gasteiger partial charge in [0.1, 0.15) is 5.82 Å². The van der Waals surface area contributed by atoms with E-state index in [1.807, 2.05) is 10.6 Å². The van der Waals surface area contributed by atoms with Gasteiger partial charge in [0.2, 0.25) is 5.91 Å². The van der Waals surface area contributed by atoms with E-state index in [2.05, 4.69) is 10.2 Å². The number of nitrogens with zero attached hydrogens (tertiary/aromatic N) is 3. The van der Waals surface area contributed by atoms with Crippen LogP contribution in [0.25, 0.3) is 0 Å². The number of thioether (sulfide) groups is 1. The predicted molar refractivity (Wildman–Crippen MR) is 71.5 cm³/mol. The molecule has 1 aliphatic carbocycles. The van der Waals surface area contributed by atoms with Gasteiger partial charge in [-0.3, -0.25) is 4.79 Å². The first-order chi connectivity index (χ1) is 8.72. The van der Waals surface area contributed by atoms with Crippen LogP contribution < -0.4 is 5.73 Å². The Bertz CT molecular complexity index is 456. The van der Waals surface area contributed by atoms with Gasteiger partial charge in [0.15, 0.2) is 5.16 Å². The minimum absolute atomic E-state index is 0.304. The third-order valence-corrected chi connectivity index (χ3v) is 3.77. The molecule has 0 saturated heterocycles. The van der Waals surface area contributed by atoms with E-state index in [4.69, 9.17) is 17.3 Å². The molecule has 0 spiro atoms. The van der Waals surface area contributed by atoms with Gasteiger partial charge in [-0.1, -0.05) is 29.4 Å². The van der Waals surface area contributed by atoms with Crippen molar-refractivity contribution >= 4 is 29.3 Å². The maximum absolute atomic E-state index is 10.9. The van der Waals surface area contributed by atoms with Crippen LogP contribution in [0.4, 0.5) is 0 Å². The molecule has 1 aliphatic rings. The summed E-state index contributed by atoms with van der Waals surface area (Å²) >= 11 is 7.03. The fraction of sp³-hybridized carbons (Fsp3) is 0.545. The largest absolute Gasteiger partial charge is 0.370 e. The van der Waals surface area contributed by atoms with Crippen LogP contribution in [0, 0.1) is 0 Å². The molecule has 1 aromatic heterocycles. The van der Waals surface area contributed by atoms with Gasteiger partial charge < -0.3 is 10.3 Å². The lowest BCUT2D eigenvalue weighted by Crippen LogP contribution is -2.15. The van der Waals surface area contributed by atoms with Crippen LogP contribution in [0.2, 0.25) is 0 Å². The lowest BCUT2D eigenvalue weighted by molar-refractivity contribution is -0.118. The lowest BCUT2D eigenvalue weighted by Gasteiger charge is -2.07. The Morgan fingerprint density at radius 1 is 1.56 bits per heavy atom. The van der Waals surface area contributed by atoms with Gasteiger partial charge >= 0.3 is 0 Å². The molecule has 98 valence electrons. The first-order valence-electron chi connectivity index (χ1n) is 5.81. The van der Waals surface area contributed by atoms with Gasteiger partial charge in [0.05, 0.1) is 0 Å². The van der Waals surface area contributed by atoms with Crippen molar-refractivity contribution in [3.63, 3.8) is 0 Å². The smallest absolute Gasteiger partial charge is 0.219 e. The Kier molecular flexibility index (Phi) is 4.66. The number of halogens is 1. The van der Waals surface area contributed by atoms with Crippen molar-refractivity contribution in [2.24, 2.45) is 5.73 Å². The van der Waals surface area contributed by atoms with Crippen LogP contribution in [0.15, 0.2) is 16.8 Å². The summed E-state index contributed by atoms with van der Waals surface area (Å²) in [6.45, 7) is 0.557. The molecule has 1 amide bonds. The number of hydrogen-bond donors (Lipinski definition) is 1. The Labute approximate surface area is 115 Å². The van der Waals surface area contributed by atoms with Crippen LogP contribution in [-0.4, -0.2) is 26.4 Å². The number of rotatable bonds is 7. The highest BCUT2D eigenvalue weighted by molar-refractivity contribution is 7.99. The van der Waals surface area contributed by atoms with Crippen molar-refractivity contribution < 1.29 is 4.79 Å². The number of nitrogens with two attached hydrogens (primary N) is 1. The molecular weight excluding hydrogens is 272 g/mol. The molecule has 0 bridgehead atoms. The zero-order chi connectivity index (χ0) is 13.0.